The molecule has 2 aliphatic rings. The Balaban J connectivity index is 1.76. The van der Waals surface area contributed by atoms with E-state index in [4.69, 9.17) is 14.2 Å². The van der Waals surface area contributed by atoms with E-state index in [1.54, 1.807) is 26.0 Å². The molecular formula is C17H23BrN2O4S. The van der Waals surface area contributed by atoms with Crippen LogP contribution in [0.3, 0.4) is 0 Å². The van der Waals surface area contributed by atoms with Crippen molar-refractivity contribution in [1.82, 2.24) is 9.80 Å². The van der Waals surface area contributed by atoms with Gasteiger partial charge in [-0.25, -0.2) is 0 Å². The van der Waals surface area contributed by atoms with E-state index in [1.807, 2.05) is 17.0 Å². The van der Waals surface area contributed by atoms with E-state index in [0.717, 1.165) is 49.4 Å². The van der Waals surface area contributed by atoms with Crippen molar-refractivity contribution in [3.05, 3.63) is 22.2 Å². The van der Waals surface area contributed by atoms with Crippen LogP contribution < -0.4 is 9.47 Å². The number of carbonyl (C=O) groups excluding carboxylic acids is 1. The van der Waals surface area contributed by atoms with E-state index in [2.05, 4.69) is 20.8 Å². The Morgan fingerprint density at radius 3 is 2.56 bits per heavy atom. The summed E-state index contributed by atoms with van der Waals surface area (Å²) < 4.78 is 17.1. The average Bonchev–Trinajstić information content (AvgIpc) is 3.01. The first-order valence-corrected chi connectivity index (χ1v) is 10.1. The second-order valence-corrected chi connectivity index (χ2v) is 7.86. The van der Waals surface area contributed by atoms with Crippen molar-refractivity contribution in [2.75, 3.05) is 59.4 Å². The molecule has 0 aromatic heterocycles. The van der Waals surface area contributed by atoms with Crippen molar-refractivity contribution in [2.24, 2.45) is 0 Å². The molecule has 3 rings (SSSR count). The molecule has 2 saturated heterocycles. The van der Waals surface area contributed by atoms with Crippen LogP contribution in [0.2, 0.25) is 0 Å². The molecule has 138 valence electrons. The molecule has 0 spiro atoms. The van der Waals surface area contributed by atoms with Crippen LogP contribution in [-0.4, -0.2) is 75.1 Å². The second-order valence-electron chi connectivity index (χ2n) is 5.93. The fourth-order valence-corrected chi connectivity index (χ4v) is 5.02. The lowest BCUT2D eigenvalue weighted by Gasteiger charge is -2.31. The van der Waals surface area contributed by atoms with Gasteiger partial charge >= 0.3 is 0 Å². The van der Waals surface area contributed by atoms with Gasteiger partial charge in [0.05, 0.1) is 33.2 Å². The number of rotatable bonds is 6. The third-order valence-electron chi connectivity index (χ3n) is 4.50. The van der Waals surface area contributed by atoms with Gasteiger partial charge in [-0.15, -0.1) is 11.8 Å². The van der Waals surface area contributed by atoms with E-state index in [-0.39, 0.29) is 11.3 Å². The third-order valence-corrected chi connectivity index (χ3v) is 6.42. The van der Waals surface area contributed by atoms with Crippen LogP contribution in [0.1, 0.15) is 10.9 Å². The van der Waals surface area contributed by atoms with Crippen molar-refractivity contribution < 1.29 is 19.0 Å². The van der Waals surface area contributed by atoms with Gasteiger partial charge in [0.1, 0.15) is 5.37 Å². The molecule has 0 radical (unpaired) electrons. The Bertz CT molecular complexity index is 625. The molecule has 8 heteroatoms. The number of morpholine rings is 1. The Morgan fingerprint density at radius 1 is 1.20 bits per heavy atom. The minimum absolute atomic E-state index is 0.0114. The molecule has 0 saturated carbocycles. The zero-order valence-corrected chi connectivity index (χ0v) is 16.9. The first-order valence-electron chi connectivity index (χ1n) is 8.26. The molecule has 2 fully saturated rings. The Hall–Kier alpha value is -0.960. The SMILES string of the molecule is COc1cc(Br)c(C2SCC(=O)N2CCN2CCOCC2)cc1OC. The molecular weight excluding hydrogens is 408 g/mol. The van der Waals surface area contributed by atoms with Crippen LogP contribution >= 0.6 is 27.7 Å². The van der Waals surface area contributed by atoms with Gasteiger partial charge in [-0.3, -0.25) is 9.69 Å². The van der Waals surface area contributed by atoms with Crippen molar-refractivity contribution in [3.63, 3.8) is 0 Å². The van der Waals surface area contributed by atoms with E-state index < -0.39 is 0 Å². The highest BCUT2D eigenvalue weighted by atomic mass is 79.9. The minimum Gasteiger partial charge on any atom is -0.493 e. The molecule has 0 bridgehead atoms. The van der Waals surface area contributed by atoms with E-state index in [0.29, 0.717) is 17.3 Å². The maximum atomic E-state index is 12.4. The monoisotopic (exact) mass is 430 g/mol. The van der Waals surface area contributed by atoms with Crippen LogP contribution in [0.4, 0.5) is 0 Å². The highest BCUT2D eigenvalue weighted by Gasteiger charge is 2.34. The summed E-state index contributed by atoms with van der Waals surface area (Å²) in [6.45, 7) is 4.99. The number of benzene rings is 1. The molecule has 1 aromatic carbocycles. The third kappa shape index (κ3) is 4.24. The molecule has 2 aliphatic heterocycles. The number of hydrogen-bond acceptors (Lipinski definition) is 6. The Labute approximate surface area is 160 Å². The first-order chi connectivity index (χ1) is 12.1. The smallest absolute Gasteiger partial charge is 0.233 e. The van der Waals surface area contributed by atoms with Gasteiger partial charge < -0.3 is 19.1 Å². The summed E-state index contributed by atoms with van der Waals surface area (Å²) in [6.07, 6.45) is 0. The Morgan fingerprint density at radius 2 is 1.88 bits per heavy atom. The highest BCUT2D eigenvalue weighted by Crippen LogP contribution is 2.45. The number of carbonyl (C=O) groups is 1. The second kappa shape index (κ2) is 8.62. The van der Waals surface area contributed by atoms with Crippen molar-refractivity contribution in [3.8, 4) is 11.5 Å². The number of nitrogens with zero attached hydrogens (tertiary/aromatic N) is 2. The normalized spacial score (nSPS) is 21.6. The maximum absolute atomic E-state index is 12.4. The van der Waals surface area contributed by atoms with Crippen molar-refractivity contribution >= 4 is 33.6 Å². The summed E-state index contributed by atoms with van der Waals surface area (Å²) >= 11 is 5.27. The lowest BCUT2D eigenvalue weighted by Crippen LogP contribution is -2.42. The van der Waals surface area contributed by atoms with Crippen LogP contribution in [0.25, 0.3) is 0 Å². The molecule has 1 atom stereocenters. The van der Waals surface area contributed by atoms with Crippen LogP contribution in [0, 0.1) is 0 Å². The van der Waals surface area contributed by atoms with Crippen LogP contribution in [-0.2, 0) is 9.53 Å². The minimum atomic E-state index is -0.0114. The summed E-state index contributed by atoms with van der Waals surface area (Å²) in [5.74, 6) is 2.04. The average molecular weight is 431 g/mol. The number of amides is 1. The summed E-state index contributed by atoms with van der Waals surface area (Å²) in [6, 6.07) is 3.86. The predicted octanol–water partition coefficient (Wildman–Crippen LogP) is 2.37. The van der Waals surface area contributed by atoms with Crippen molar-refractivity contribution in [2.45, 2.75) is 5.37 Å². The number of halogens is 1. The zero-order valence-electron chi connectivity index (χ0n) is 14.5. The van der Waals surface area contributed by atoms with E-state index >= 15 is 0 Å². The predicted molar refractivity (Wildman–Crippen MR) is 101 cm³/mol. The van der Waals surface area contributed by atoms with Gasteiger partial charge in [-0.2, -0.15) is 0 Å². The summed E-state index contributed by atoms with van der Waals surface area (Å²) in [5, 5.41) is -0.0114. The van der Waals surface area contributed by atoms with Gasteiger partial charge in [0.15, 0.2) is 11.5 Å². The molecule has 1 unspecified atom stereocenters. The van der Waals surface area contributed by atoms with Gasteiger partial charge in [0.2, 0.25) is 5.91 Å². The summed E-state index contributed by atoms with van der Waals surface area (Å²) in [4.78, 5) is 16.7. The molecule has 6 nitrogen and oxygen atoms in total. The fourth-order valence-electron chi connectivity index (χ4n) is 3.09. The number of thioether (sulfide) groups is 1. The molecule has 25 heavy (non-hydrogen) atoms. The van der Waals surface area contributed by atoms with E-state index in [9.17, 15) is 4.79 Å². The van der Waals surface area contributed by atoms with E-state index in [1.165, 1.54) is 0 Å². The van der Waals surface area contributed by atoms with Crippen LogP contribution in [0.5, 0.6) is 11.5 Å². The maximum Gasteiger partial charge on any atom is 0.233 e. The summed E-state index contributed by atoms with van der Waals surface area (Å²) in [7, 11) is 3.24. The van der Waals surface area contributed by atoms with Gasteiger partial charge in [0, 0.05) is 36.2 Å². The first kappa shape index (κ1) is 18.8. The van der Waals surface area contributed by atoms with Gasteiger partial charge in [-0.1, -0.05) is 15.9 Å². The highest BCUT2D eigenvalue weighted by molar-refractivity contribution is 9.10. The largest absolute Gasteiger partial charge is 0.493 e. The Kier molecular flexibility index (Phi) is 6.49. The van der Waals surface area contributed by atoms with Gasteiger partial charge in [-0.05, 0) is 12.1 Å². The van der Waals surface area contributed by atoms with Gasteiger partial charge in [0.25, 0.3) is 0 Å². The fraction of sp³-hybridized carbons (Fsp3) is 0.588. The van der Waals surface area contributed by atoms with Crippen LogP contribution in [0.15, 0.2) is 16.6 Å². The molecule has 1 amide bonds. The lowest BCUT2D eigenvalue weighted by atomic mass is 10.1. The standard InChI is InChI=1S/C17H23BrN2O4S/c1-22-14-9-12(13(18)10-15(14)23-2)17-20(16(21)11-25-17)4-3-19-5-7-24-8-6-19/h9-10,17H,3-8,11H2,1-2H3. The number of hydrogen-bond donors (Lipinski definition) is 0. The summed E-state index contributed by atoms with van der Waals surface area (Å²) in [5.41, 5.74) is 1.04. The number of methoxy groups -OCH3 is 2. The lowest BCUT2D eigenvalue weighted by molar-refractivity contribution is -0.128. The topological polar surface area (TPSA) is 51.2 Å². The molecule has 2 heterocycles. The zero-order chi connectivity index (χ0) is 17.8. The molecule has 0 aliphatic carbocycles. The number of ether oxygens (including phenoxy) is 3. The van der Waals surface area contributed by atoms with Crippen molar-refractivity contribution in [1.29, 1.82) is 0 Å². The quantitative estimate of drug-likeness (QED) is 0.690. The molecule has 0 N–H and O–H groups in total. The molecule has 1 aromatic rings.